The number of benzene rings is 2. The number of alkyl halides is 3. The van der Waals surface area contributed by atoms with E-state index in [9.17, 15) is 30.7 Å². The van der Waals surface area contributed by atoms with Crippen molar-refractivity contribution in [2.24, 2.45) is 0 Å². The molecule has 0 heterocycles. The molecule has 148 valence electrons. The predicted octanol–water partition coefficient (Wildman–Crippen LogP) is 5.51. The molecule has 3 nitrogen and oxygen atoms in total. The van der Waals surface area contributed by atoms with Gasteiger partial charge in [0.05, 0.1) is 12.2 Å². The van der Waals surface area contributed by atoms with Gasteiger partial charge in [0, 0.05) is 24.3 Å². The number of rotatable bonds is 7. The first kappa shape index (κ1) is 20.7. The molecule has 0 amide bonds. The van der Waals surface area contributed by atoms with Crippen molar-refractivity contribution in [1.29, 1.82) is 0 Å². The molecule has 0 radical (unpaired) electrons. The lowest BCUT2D eigenvalue weighted by atomic mass is 10.2. The third-order valence-corrected chi connectivity index (χ3v) is 3.16. The first-order chi connectivity index (χ1) is 12.6. The Labute approximate surface area is 149 Å². The summed E-state index contributed by atoms with van der Waals surface area (Å²) in [7, 11) is 0. The molecule has 0 atom stereocenters. The molecule has 2 aromatic carbocycles. The minimum Gasteiger partial charge on any atom is -0.493 e. The SMILES string of the molecule is CCCOc1cc(F)c(COc2cc(F)c(OC(F)(F)F)c(F)c2)c(F)c1. The smallest absolute Gasteiger partial charge is 0.493 e. The molecule has 0 aliphatic carbocycles. The first-order valence-corrected chi connectivity index (χ1v) is 7.59. The minimum absolute atomic E-state index is 0.0404. The van der Waals surface area contributed by atoms with Crippen LogP contribution in [0.5, 0.6) is 17.2 Å². The van der Waals surface area contributed by atoms with Crippen LogP contribution in [-0.4, -0.2) is 13.0 Å². The second kappa shape index (κ2) is 8.36. The predicted molar refractivity (Wildman–Crippen MR) is 79.5 cm³/mol. The van der Waals surface area contributed by atoms with Gasteiger partial charge in [0.1, 0.15) is 29.7 Å². The highest BCUT2D eigenvalue weighted by Crippen LogP contribution is 2.32. The van der Waals surface area contributed by atoms with Gasteiger partial charge in [0.15, 0.2) is 11.6 Å². The maximum Gasteiger partial charge on any atom is 0.573 e. The van der Waals surface area contributed by atoms with Crippen LogP contribution in [0.3, 0.4) is 0 Å². The third-order valence-electron chi connectivity index (χ3n) is 3.16. The van der Waals surface area contributed by atoms with Crippen LogP contribution in [-0.2, 0) is 6.61 Å². The summed E-state index contributed by atoms with van der Waals surface area (Å²) in [6.45, 7) is 1.29. The number of hydrogen-bond acceptors (Lipinski definition) is 3. The summed E-state index contributed by atoms with van der Waals surface area (Å²) in [6.07, 6.45) is -4.67. The molecule has 0 aliphatic rings. The Kier molecular flexibility index (Phi) is 6.40. The van der Waals surface area contributed by atoms with Gasteiger partial charge in [-0.25, -0.2) is 17.6 Å². The topological polar surface area (TPSA) is 27.7 Å². The largest absolute Gasteiger partial charge is 0.573 e. The third kappa shape index (κ3) is 5.66. The highest BCUT2D eigenvalue weighted by Gasteiger charge is 2.34. The molecule has 0 aliphatic heterocycles. The van der Waals surface area contributed by atoms with Gasteiger partial charge in [-0.1, -0.05) is 6.92 Å². The summed E-state index contributed by atoms with van der Waals surface area (Å²) in [5.41, 5.74) is -0.546. The molecule has 0 unspecified atom stereocenters. The van der Waals surface area contributed by atoms with E-state index in [2.05, 4.69) is 4.74 Å². The van der Waals surface area contributed by atoms with Crippen LogP contribution in [0.2, 0.25) is 0 Å². The summed E-state index contributed by atoms with van der Waals surface area (Å²) in [6, 6.07) is 2.63. The molecule has 0 bridgehead atoms. The van der Waals surface area contributed by atoms with Crippen LogP contribution >= 0.6 is 0 Å². The van der Waals surface area contributed by atoms with Crippen molar-refractivity contribution < 1.29 is 44.9 Å². The van der Waals surface area contributed by atoms with Gasteiger partial charge >= 0.3 is 6.36 Å². The number of halogens is 7. The fourth-order valence-corrected chi connectivity index (χ4v) is 2.01. The Balaban J connectivity index is 2.15. The van der Waals surface area contributed by atoms with E-state index >= 15 is 0 Å². The lowest BCUT2D eigenvalue weighted by molar-refractivity contribution is -0.276. The fraction of sp³-hybridized carbons (Fsp3) is 0.294. The van der Waals surface area contributed by atoms with E-state index in [1.165, 1.54) is 0 Å². The lowest BCUT2D eigenvalue weighted by Gasteiger charge is -2.13. The maximum atomic E-state index is 14.0. The molecule has 0 fully saturated rings. The van der Waals surface area contributed by atoms with Gasteiger partial charge in [-0.15, -0.1) is 13.2 Å². The molecule has 0 spiro atoms. The number of hydrogen-bond donors (Lipinski definition) is 0. The fourth-order valence-electron chi connectivity index (χ4n) is 2.01. The zero-order valence-corrected chi connectivity index (χ0v) is 13.8. The minimum atomic E-state index is -5.29. The van der Waals surface area contributed by atoms with Gasteiger partial charge in [-0.3, -0.25) is 0 Å². The second-order valence-corrected chi connectivity index (χ2v) is 5.27. The Hall–Kier alpha value is -2.65. The molecular weight excluding hydrogens is 385 g/mol. The van der Waals surface area contributed by atoms with Crippen molar-refractivity contribution in [3.8, 4) is 17.2 Å². The van der Waals surface area contributed by atoms with E-state index in [-0.39, 0.29) is 12.4 Å². The Morgan fingerprint density at radius 1 is 0.778 bits per heavy atom. The summed E-state index contributed by atoms with van der Waals surface area (Å²) >= 11 is 0. The van der Waals surface area contributed by atoms with Crippen molar-refractivity contribution in [2.45, 2.75) is 26.3 Å². The highest BCUT2D eigenvalue weighted by atomic mass is 19.4. The van der Waals surface area contributed by atoms with Crippen molar-refractivity contribution in [1.82, 2.24) is 0 Å². The molecule has 0 saturated heterocycles. The van der Waals surface area contributed by atoms with E-state index in [0.29, 0.717) is 18.6 Å². The molecule has 10 heteroatoms. The number of ether oxygens (including phenoxy) is 3. The van der Waals surface area contributed by atoms with Gasteiger partial charge in [0.2, 0.25) is 5.75 Å². The summed E-state index contributed by atoms with van der Waals surface area (Å²) < 4.78 is 105. The zero-order chi connectivity index (χ0) is 20.2. The second-order valence-electron chi connectivity index (χ2n) is 5.27. The van der Waals surface area contributed by atoms with Crippen LogP contribution in [0.15, 0.2) is 24.3 Å². The summed E-state index contributed by atoms with van der Waals surface area (Å²) in [5.74, 6) is -7.69. The van der Waals surface area contributed by atoms with Gasteiger partial charge in [-0.05, 0) is 6.42 Å². The Bertz CT molecular complexity index is 760. The van der Waals surface area contributed by atoms with Crippen molar-refractivity contribution in [2.75, 3.05) is 6.61 Å². The average molecular weight is 398 g/mol. The Morgan fingerprint density at radius 2 is 1.26 bits per heavy atom. The molecule has 0 aromatic heterocycles. The zero-order valence-electron chi connectivity index (χ0n) is 13.8. The molecule has 27 heavy (non-hydrogen) atoms. The van der Waals surface area contributed by atoms with Crippen LogP contribution in [0.1, 0.15) is 18.9 Å². The quantitative estimate of drug-likeness (QED) is 0.576. The van der Waals surface area contributed by atoms with Crippen molar-refractivity contribution >= 4 is 0 Å². The van der Waals surface area contributed by atoms with E-state index in [4.69, 9.17) is 9.47 Å². The monoisotopic (exact) mass is 398 g/mol. The van der Waals surface area contributed by atoms with Crippen molar-refractivity contribution in [3.05, 3.63) is 53.1 Å². The first-order valence-electron chi connectivity index (χ1n) is 7.59. The lowest BCUT2D eigenvalue weighted by Crippen LogP contribution is -2.19. The van der Waals surface area contributed by atoms with Crippen LogP contribution in [0.25, 0.3) is 0 Å². The van der Waals surface area contributed by atoms with Gasteiger partial charge < -0.3 is 14.2 Å². The average Bonchev–Trinajstić information content (AvgIpc) is 2.54. The molecule has 2 aromatic rings. The summed E-state index contributed by atoms with van der Waals surface area (Å²) in [5, 5.41) is 0. The maximum absolute atomic E-state index is 14.0. The van der Waals surface area contributed by atoms with E-state index in [0.717, 1.165) is 12.1 Å². The van der Waals surface area contributed by atoms with E-state index in [1.807, 2.05) is 0 Å². The molecule has 2 rings (SSSR count). The highest BCUT2D eigenvalue weighted by molar-refractivity contribution is 5.36. The van der Waals surface area contributed by atoms with Gasteiger partial charge in [-0.2, -0.15) is 0 Å². The van der Waals surface area contributed by atoms with E-state index < -0.39 is 53.3 Å². The standard InChI is InChI=1S/C17H13F7O3/c1-2-3-25-9-4-12(18)11(13(19)5-9)8-26-10-6-14(20)16(15(21)7-10)27-17(22,23)24/h4-7H,2-3,8H2,1H3. The van der Waals surface area contributed by atoms with Crippen molar-refractivity contribution in [3.63, 3.8) is 0 Å². The molecular formula is C17H13F7O3. The van der Waals surface area contributed by atoms with E-state index in [1.54, 1.807) is 6.92 Å². The van der Waals surface area contributed by atoms with Crippen LogP contribution in [0, 0.1) is 23.3 Å². The summed E-state index contributed by atoms with van der Waals surface area (Å²) in [4.78, 5) is 0. The van der Waals surface area contributed by atoms with Crippen LogP contribution < -0.4 is 14.2 Å². The Morgan fingerprint density at radius 3 is 1.74 bits per heavy atom. The van der Waals surface area contributed by atoms with Gasteiger partial charge in [0.25, 0.3) is 0 Å². The molecule has 0 saturated carbocycles. The normalized spacial score (nSPS) is 11.4. The van der Waals surface area contributed by atoms with Crippen LogP contribution in [0.4, 0.5) is 30.7 Å². The molecule has 0 N–H and O–H groups in total.